The second-order valence-electron chi connectivity index (χ2n) is 6.09. The second-order valence-corrected chi connectivity index (χ2v) is 6.09. The van der Waals surface area contributed by atoms with Crippen LogP contribution in [0.1, 0.15) is 22.8 Å². The SMILES string of the molecule is COc1ccc(CNC(=O)[C@@H](C)OC(=O)c2cc(OC)c(OC)cc2[N+](=O)[O-])cc1. The lowest BCUT2D eigenvalue weighted by atomic mass is 10.1. The van der Waals surface area contributed by atoms with Crippen LogP contribution in [-0.2, 0) is 16.1 Å². The van der Waals surface area contributed by atoms with Crippen molar-refractivity contribution in [3.8, 4) is 17.2 Å². The molecule has 0 aromatic heterocycles. The molecular weight excluding hydrogens is 396 g/mol. The van der Waals surface area contributed by atoms with Crippen LogP contribution in [-0.4, -0.2) is 44.2 Å². The topological polar surface area (TPSA) is 126 Å². The predicted octanol–water partition coefficient (Wildman–Crippen LogP) is 2.48. The molecule has 0 saturated heterocycles. The van der Waals surface area contributed by atoms with Gasteiger partial charge in [0.2, 0.25) is 0 Å². The van der Waals surface area contributed by atoms with Crippen molar-refractivity contribution in [1.29, 1.82) is 0 Å². The van der Waals surface area contributed by atoms with Crippen LogP contribution in [0.15, 0.2) is 36.4 Å². The van der Waals surface area contributed by atoms with Crippen molar-refractivity contribution in [3.63, 3.8) is 0 Å². The fourth-order valence-electron chi connectivity index (χ4n) is 2.54. The van der Waals surface area contributed by atoms with E-state index in [1.165, 1.54) is 21.1 Å². The van der Waals surface area contributed by atoms with Crippen LogP contribution in [0.25, 0.3) is 0 Å². The number of amides is 1. The van der Waals surface area contributed by atoms with Gasteiger partial charge in [0.15, 0.2) is 17.6 Å². The molecule has 0 aliphatic carbocycles. The van der Waals surface area contributed by atoms with Crippen LogP contribution < -0.4 is 19.5 Å². The van der Waals surface area contributed by atoms with Crippen molar-refractivity contribution in [2.45, 2.75) is 19.6 Å². The zero-order valence-corrected chi connectivity index (χ0v) is 17.0. The highest BCUT2D eigenvalue weighted by Crippen LogP contribution is 2.34. The van der Waals surface area contributed by atoms with E-state index in [-0.39, 0.29) is 23.6 Å². The molecule has 10 nitrogen and oxygen atoms in total. The van der Waals surface area contributed by atoms with Crippen molar-refractivity contribution in [1.82, 2.24) is 5.32 Å². The van der Waals surface area contributed by atoms with Gasteiger partial charge in [0, 0.05) is 12.6 Å². The van der Waals surface area contributed by atoms with E-state index in [0.717, 1.165) is 17.7 Å². The molecule has 1 amide bonds. The van der Waals surface area contributed by atoms with Gasteiger partial charge in [-0.2, -0.15) is 0 Å². The number of nitrogens with zero attached hydrogens (tertiary/aromatic N) is 1. The number of methoxy groups -OCH3 is 3. The molecule has 2 rings (SSSR count). The summed E-state index contributed by atoms with van der Waals surface area (Å²) in [5.74, 6) is -0.696. The normalized spacial score (nSPS) is 11.2. The van der Waals surface area contributed by atoms with Gasteiger partial charge in [-0.05, 0) is 24.6 Å². The largest absolute Gasteiger partial charge is 0.497 e. The first kappa shape index (κ1) is 22.5. The first-order valence-corrected chi connectivity index (χ1v) is 8.82. The highest BCUT2D eigenvalue weighted by atomic mass is 16.6. The molecule has 0 aliphatic rings. The number of hydrogen-bond acceptors (Lipinski definition) is 8. The lowest BCUT2D eigenvalue weighted by Gasteiger charge is -2.15. The van der Waals surface area contributed by atoms with E-state index in [1.807, 2.05) is 0 Å². The molecule has 0 aliphatic heterocycles. The van der Waals surface area contributed by atoms with E-state index in [9.17, 15) is 19.7 Å². The fraction of sp³-hybridized carbons (Fsp3) is 0.300. The lowest BCUT2D eigenvalue weighted by Crippen LogP contribution is -2.35. The highest BCUT2D eigenvalue weighted by Gasteiger charge is 2.28. The quantitative estimate of drug-likeness (QED) is 0.374. The number of benzene rings is 2. The van der Waals surface area contributed by atoms with Gasteiger partial charge in [-0.15, -0.1) is 0 Å². The van der Waals surface area contributed by atoms with Gasteiger partial charge in [0.1, 0.15) is 11.3 Å². The van der Waals surface area contributed by atoms with E-state index in [1.54, 1.807) is 31.4 Å². The number of nitrogens with one attached hydrogen (secondary N) is 1. The maximum Gasteiger partial charge on any atom is 0.346 e. The Hall–Kier alpha value is -3.82. The standard InChI is InChI=1S/C20H22N2O8/c1-12(19(23)21-11-13-5-7-14(27-2)8-6-13)30-20(24)15-9-17(28-3)18(29-4)10-16(15)22(25)26/h5-10,12H,11H2,1-4H3,(H,21,23)/t12-/m1/s1. The monoisotopic (exact) mass is 418 g/mol. The Bertz CT molecular complexity index is 927. The Morgan fingerprint density at radius 2 is 1.63 bits per heavy atom. The molecule has 0 fully saturated rings. The third-order valence-electron chi connectivity index (χ3n) is 4.20. The summed E-state index contributed by atoms with van der Waals surface area (Å²) >= 11 is 0. The predicted molar refractivity (Wildman–Crippen MR) is 106 cm³/mol. The van der Waals surface area contributed by atoms with Crippen LogP contribution >= 0.6 is 0 Å². The molecule has 0 unspecified atom stereocenters. The van der Waals surface area contributed by atoms with Gasteiger partial charge < -0.3 is 24.3 Å². The van der Waals surface area contributed by atoms with Crippen molar-refractivity contribution in [2.24, 2.45) is 0 Å². The highest BCUT2D eigenvalue weighted by molar-refractivity contribution is 5.96. The third kappa shape index (κ3) is 5.37. The van der Waals surface area contributed by atoms with Gasteiger partial charge in [-0.25, -0.2) is 4.79 Å². The molecule has 0 saturated carbocycles. The minimum Gasteiger partial charge on any atom is -0.497 e. The van der Waals surface area contributed by atoms with Crippen LogP contribution in [0, 0.1) is 10.1 Å². The summed E-state index contributed by atoms with van der Waals surface area (Å²) in [7, 11) is 4.19. The van der Waals surface area contributed by atoms with E-state index < -0.39 is 28.6 Å². The van der Waals surface area contributed by atoms with E-state index in [4.69, 9.17) is 18.9 Å². The number of carbonyl (C=O) groups is 2. The Kier molecular flexibility index (Phi) is 7.56. The molecule has 2 aromatic rings. The molecule has 0 bridgehead atoms. The Labute approximate surface area is 172 Å². The Morgan fingerprint density at radius 1 is 1.03 bits per heavy atom. The molecular formula is C20H22N2O8. The third-order valence-corrected chi connectivity index (χ3v) is 4.20. The molecule has 0 spiro atoms. The van der Waals surface area contributed by atoms with Gasteiger partial charge in [-0.3, -0.25) is 14.9 Å². The second kappa shape index (κ2) is 10.1. The smallest absolute Gasteiger partial charge is 0.346 e. The van der Waals surface area contributed by atoms with Crippen molar-refractivity contribution >= 4 is 17.6 Å². The molecule has 2 aromatic carbocycles. The number of hydrogen-bond donors (Lipinski definition) is 1. The van der Waals surface area contributed by atoms with Gasteiger partial charge in [0.05, 0.1) is 32.3 Å². The molecule has 10 heteroatoms. The minimum absolute atomic E-state index is 0.0889. The summed E-state index contributed by atoms with van der Waals surface area (Å²) in [5, 5.41) is 14.0. The average molecular weight is 418 g/mol. The molecule has 1 N–H and O–H groups in total. The molecule has 30 heavy (non-hydrogen) atoms. The number of ether oxygens (including phenoxy) is 4. The van der Waals surface area contributed by atoms with E-state index >= 15 is 0 Å². The Morgan fingerprint density at radius 3 is 2.17 bits per heavy atom. The van der Waals surface area contributed by atoms with Gasteiger partial charge >= 0.3 is 5.97 Å². The van der Waals surface area contributed by atoms with Crippen LogP contribution in [0.4, 0.5) is 5.69 Å². The Balaban J connectivity index is 2.08. The van der Waals surface area contributed by atoms with Crippen LogP contribution in [0.5, 0.6) is 17.2 Å². The minimum atomic E-state index is -1.18. The molecule has 160 valence electrons. The van der Waals surface area contributed by atoms with Gasteiger partial charge in [0.25, 0.3) is 11.6 Å². The van der Waals surface area contributed by atoms with E-state index in [2.05, 4.69) is 5.32 Å². The van der Waals surface area contributed by atoms with Gasteiger partial charge in [-0.1, -0.05) is 12.1 Å². The summed E-state index contributed by atoms with van der Waals surface area (Å²) in [6, 6.07) is 9.26. The first-order chi connectivity index (χ1) is 14.3. The number of nitro groups is 1. The summed E-state index contributed by atoms with van der Waals surface area (Å²) in [6.45, 7) is 1.58. The summed E-state index contributed by atoms with van der Waals surface area (Å²) in [6.07, 6.45) is -1.18. The molecule has 0 heterocycles. The zero-order valence-electron chi connectivity index (χ0n) is 17.0. The number of nitro benzene ring substituents is 1. The number of esters is 1. The summed E-state index contributed by atoms with van der Waals surface area (Å²) in [4.78, 5) is 35.3. The maximum atomic E-state index is 12.5. The summed E-state index contributed by atoms with van der Waals surface area (Å²) < 4.78 is 20.3. The van der Waals surface area contributed by atoms with E-state index in [0.29, 0.717) is 5.75 Å². The molecule has 0 radical (unpaired) electrons. The van der Waals surface area contributed by atoms with Crippen molar-refractivity contribution in [3.05, 3.63) is 57.6 Å². The van der Waals surface area contributed by atoms with Crippen LogP contribution in [0.3, 0.4) is 0 Å². The maximum absolute atomic E-state index is 12.5. The van der Waals surface area contributed by atoms with Crippen LogP contribution in [0.2, 0.25) is 0 Å². The number of carbonyl (C=O) groups excluding carboxylic acids is 2. The molecule has 1 atom stereocenters. The van der Waals surface area contributed by atoms with Crippen molar-refractivity contribution < 1.29 is 33.5 Å². The summed E-state index contributed by atoms with van der Waals surface area (Å²) in [5.41, 5.74) is -0.0610. The lowest BCUT2D eigenvalue weighted by molar-refractivity contribution is -0.385. The number of rotatable bonds is 9. The zero-order chi connectivity index (χ0) is 22.3. The fourth-order valence-corrected chi connectivity index (χ4v) is 2.54. The van der Waals surface area contributed by atoms with Crippen molar-refractivity contribution in [2.75, 3.05) is 21.3 Å². The average Bonchev–Trinajstić information content (AvgIpc) is 2.76. The first-order valence-electron chi connectivity index (χ1n) is 8.82.